The van der Waals surface area contributed by atoms with E-state index in [1.807, 2.05) is 29.8 Å². The van der Waals surface area contributed by atoms with Crippen LogP contribution in [-0.2, 0) is 4.79 Å². The Labute approximate surface area is 215 Å². The molecule has 1 aliphatic carbocycles. The molecule has 0 aliphatic heterocycles. The molecule has 6 aromatic heterocycles. The number of amides is 1. The fraction of sp³-hybridized carbons (Fsp3) is 0.185. The van der Waals surface area contributed by atoms with Crippen LogP contribution in [0.25, 0.3) is 55.2 Å². The van der Waals surface area contributed by atoms with Gasteiger partial charge in [-0.15, -0.1) is 11.3 Å². The number of anilines is 1. The van der Waals surface area contributed by atoms with Gasteiger partial charge in [-0.3, -0.25) is 24.8 Å². The summed E-state index contributed by atoms with van der Waals surface area (Å²) in [6.07, 6.45) is 12.9. The largest absolute Gasteiger partial charge is 0.335 e. The van der Waals surface area contributed by atoms with Gasteiger partial charge in [-0.1, -0.05) is 18.9 Å². The summed E-state index contributed by atoms with van der Waals surface area (Å²) in [6.45, 7) is 0. The predicted molar refractivity (Wildman–Crippen MR) is 144 cm³/mol. The number of hydrogen-bond acceptors (Lipinski definition) is 7. The van der Waals surface area contributed by atoms with Gasteiger partial charge < -0.3 is 10.3 Å². The molecule has 6 aromatic rings. The number of thiophene rings is 1. The number of pyridine rings is 3. The summed E-state index contributed by atoms with van der Waals surface area (Å²) in [5, 5.41) is 13.6. The number of hydrogen-bond donors (Lipinski definition) is 3. The van der Waals surface area contributed by atoms with Gasteiger partial charge in [0.2, 0.25) is 5.91 Å². The second kappa shape index (κ2) is 8.90. The van der Waals surface area contributed by atoms with Crippen LogP contribution in [0.1, 0.15) is 25.7 Å². The van der Waals surface area contributed by atoms with Crippen molar-refractivity contribution < 1.29 is 4.79 Å². The summed E-state index contributed by atoms with van der Waals surface area (Å²) in [5.74, 6) is 0.809. The standard InChI is InChI=1S/C27H22N8OS/c36-27(15-4-1-2-5-15)31-17-8-16(10-28-11-17)20-9-18-21(14-30-20)34-35-25(18)26-32-22-13-29-12-19(24(22)33-26)23-6-3-7-37-23/h3,6-15H,1-2,4-5H2,(H,31,36)(H,32,33)(H,34,35). The first-order valence-corrected chi connectivity index (χ1v) is 13.1. The molecule has 0 bridgehead atoms. The SMILES string of the molecule is O=C(Nc1cncc(-c2cc3c(-c4nc5c(-c6cccs6)cncc5[nH]4)n[nH]c3cn2)c1)C1CCCC1. The van der Waals surface area contributed by atoms with E-state index in [1.54, 1.807) is 36.1 Å². The van der Waals surface area contributed by atoms with E-state index >= 15 is 0 Å². The van der Waals surface area contributed by atoms with E-state index in [-0.39, 0.29) is 11.8 Å². The van der Waals surface area contributed by atoms with Crippen molar-refractivity contribution in [3.05, 3.63) is 60.6 Å². The number of carbonyl (C=O) groups excluding carboxylic acids is 1. The Kier molecular flexibility index (Phi) is 5.24. The van der Waals surface area contributed by atoms with E-state index in [2.05, 4.69) is 41.5 Å². The Bertz CT molecular complexity index is 1750. The summed E-state index contributed by atoms with van der Waals surface area (Å²) in [6, 6.07) is 7.97. The van der Waals surface area contributed by atoms with Gasteiger partial charge in [-0.25, -0.2) is 4.98 Å². The molecule has 0 spiro atoms. The lowest BCUT2D eigenvalue weighted by Crippen LogP contribution is -2.20. The molecule has 1 saturated carbocycles. The number of aromatic nitrogens is 7. The van der Waals surface area contributed by atoms with E-state index in [4.69, 9.17) is 4.98 Å². The third-order valence-electron chi connectivity index (χ3n) is 6.88. The van der Waals surface area contributed by atoms with Crippen LogP contribution in [0.15, 0.2) is 60.6 Å². The number of nitrogens with one attached hydrogen (secondary N) is 3. The van der Waals surface area contributed by atoms with Crippen LogP contribution in [0.5, 0.6) is 0 Å². The van der Waals surface area contributed by atoms with E-state index in [0.717, 1.165) is 69.3 Å². The maximum Gasteiger partial charge on any atom is 0.227 e. The first kappa shape index (κ1) is 21.8. The number of nitrogens with zero attached hydrogens (tertiary/aromatic N) is 5. The van der Waals surface area contributed by atoms with Gasteiger partial charge >= 0.3 is 0 Å². The zero-order valence-corrected chi connectivity index (χ0v) is 20.5. The number of H-pyrrole nitrogens is 2. The van der Waals surface area contributed by atoms with Gasteiger partial charge in [0.1, 0.15) is 11.2 Å². The topological polar surface area (TPSA) is 125 Å². The number of rotatable bonds is 5. The maximum absolute atomic E-state index is 12.6. The van der Waals surface area contributed by atoms with Crippen molar-refractivity contribution in [2.75, 3.05) is 5.32 Å². The fourth-order valence-electron chi connectivity index (χ4n) is 4.99. The normalized spacial score (nSPS) is 14.1. The van der Waals surface area contributed by atoms with Crippen LogP contribution < -0.4 is 5.32 Å². The minimum atomic E-state index is 0.0678. The predicted octanol–water partition coefficient (Wildman–Crippen LogP) is 5.82. The molecule has 0 saturated heterocycles. The Morgan fingerprint density at radius 2 is 1.92 bits per heavy atom. The number of fused-ring (bicyclic) bond motifs is 2. The molecule has 6 heterocycles. The average Bonchev–Trinajstić information content (AvgIpc) is 3.74. The first-order valence-electron chi connectivity index (χ1n) is 12.2. The highest BCUT2D eigenvalue weighted by Gasteiger charge is 2.23. The zero-order chi connectivity index (χ0) is 24.8. The molecule has 1 amide bonds. The van der Waals surface area contributed by atoms with Crippen LogP contribution in [-0.4, -0.2) is 41.0 Å². The lowest BCUT2D eigenvalue weighted by atomic mass is 10.1. The van der Waals surface area contributed by atoms with Crippen molar-refractivity contribution in [2.45, 2.75) is 25.7 Å². The summed E-state index contributed by atoms with van der Waals surface area (Å²) in [5.41, 5.74) is 6.41. The van der Waals surface area contributed by atoms with Crippen LogP contribution in [0.2, 0.25) is 0 Å². The summed E-state index contributed by atoms with van der Waals surface area (Å²) in [7, 11) is 0. The monoisotopic (exact) mass is 506 g/mol. The third kappa shape index (κ3) is 3.95. The van der Waals surface area contributed by atoms with Gasteiger partial charge in [0, 0.05) is 39.7 Å². The molecule has 182 valence electrons. The lowest BCUT2D eigenvalue weighted by Gasteiger charge is -2.11. The quantitative estimate of drug-likeness (QED) is 0.271. The Balaban J connectivity index is 1.25. The van der Waals surface area contributed by atoms with Crippen molar-refractivity contribution in [3.63, 3.8) is 0 Å². The summed E-state index contributed by atoms with van der Waals surface area (Å²) in [4.78, 5) is 35.3. The molecule has 37 heavy (non-hydrogen) atoms. The van der Waals surface area contributed by atoms with Crippen molar-refractivity contribution in [1.82, 2.24) is 35.1 Å². The molecule has 10 heteroatoms. The van der Waals surface area contributed by atoms with E-state index in [9.17, 15) is 4.79 Å². The first-order chi connectivity index (χ1) is 18.2. The molecule has 1 fully saturated rings. The smallest absolute Gasteiger partial charge is 0.227 e. The minimum absolute atomic E-state index is 0.0678. The Morgan fingerprint density at radius 1 is 1.03 bits per heavy atom. The molecule has 0 aromatic carbocycles. The van der Waals surface area contributed by atoms with Gasteiger partial charge in [-0.2, -0.15) is 5.10 Å². The average molecular weight is 507 g/mol. The minimum Gasteiger partial charge on any atom is -0.335 e. The molecule has 1 aliphatic rings. The van der Waals surface area contributed by atoms with Crippen molar-refractivity contribution in [2.24, 2.45) is 5.92 Å². The van der Waals surface area contributed by atoms with Crippen LogP contribution >= 0.6 is 11.3 Å². The molecule has 0 unspecified atom stereocenters. The van der Waals surface area contributed by atoms with Crippen molar-refractivity contribution in [1.29, 1.82) is 0 Å². The molecular formula is C27H22N8OS. The molecule has 9 nitrogen and oxygen atoms in total. The number of aromatic amines is 2. The highest BCUT2D eigenvalue weighted by atomic mass is 32.1. The molecule has 0 atom stereocenters. The Hall–Kier alpha value is -4.44. The highest BCUT2D eigenvalue weighted by molar-refractivity contribution is 7.13. The van der Waals surface area contributed by atoms with Crippen molar-refractivity contribution in [3.8, 4) is 33.2 Å². The molecule has 7 rings (SSSR count). The summed E-state index contributed by atoms with van der Waals surface area (Å²) >= 11 is 1.66. The molecular weight excluding hydrogens is 484 g/mol. The zero-order valence-electron chi connectivity index (χ0n) is 19.7. The number of carbonyl (C=O) groups is 1. The third-order valence-corrected chi connectivity index (χ3v) is 7.78. The van der Waals surface area contributed by atoms with Gasteiger partial charge in [0.15, 0.2) is 5.82 Å². The maximum atomic E-state index is 12.6. The Morgan fingerprint density at radius 3 is 2.78 bits per heavy atom. The lowest BCUT2D eigenvalue weighted by molar-refractivity contribution is -0.119. The van der Waals surface area contributed by atoms with E-state index in [0.29, 0.717) is 17.2 Å². The second-order valence-corrected chi connectivity index (χ2v) is 10.2. The molecule has 3 N–H and O–H groups in total. The van der Waals surface area contributed by atoms with Crippen LogP contribution in [0, 0.1) is 5.92 Å². The number of imidazole rings is 1. The van der Waals surface area contributed by atoms with E-state index < -0.39 is 0 Å². The summed E-state index contributed by atoms with van der Waals surface area (Å²) < 4.78 is 0. The fourth-order valence-corrected chi connectivity index (χ4v) is 5.73. The molecule has 0 radical (unpaired) electrons. The van der Waals surface area contributed by atoms with Crippen LogP contribution in [0.3, 0.4) is 0 Å². The van der Waals surface area contributed by atoms with Gasteiger partial charge in [0.25, 0.3) is 0 Å². The second-order valence-electron chi connectivity index (χ2n) is 9.27. The highest BCUT2D eigenvalue weighted by Crippen LogP contribution is 2.34. The van der Waals surface area contributed by atoms with Gasteiger partial charge in [0.05, 0.1) is 41.0 Å². The van der Waals surface area contributed by atoms with Gasteiger partial charge in [-0.05, 0) is 36.4 Å². The van der Waals surface area contributed by atoms with Crippen LogP contribution in [0.4, 0.5) is 5.69 Å². The van der Waals surface area contributed by atoms with E-state index in [1.165, 1.54) is 0 Å². The van der Waals surface area contributed by atoms with Crippen molar-refractivity contribution >= 4 is 44.9 Å².